The molecule has 3 heterocycles. The number of nitrogens with zero attached hydrogens (tertiary/aromatic N) is 5. The van der Waals surface area contributed by atoms with Crippen LogP contribution in [-0.4, -0.2) is 57.5 Å². The minimum atomic E-state index is -0.197. The fraction of sp³-hybridized carbons (Fsp3) is 0.323. The number of anilines is 2. The highest BCUT2D eigenvalue weighted by Crippen LogP contribution is 2.38. The Morgan fingerprint density at radius 1 is 1.19 bits per heavy atom. The minimum absolute atomic E-state index is 0.0796. The van der Waals surface area contributed by atoms with Gasteiger partial charge in [0, 0.05) is 37.8 Å². The Morgan fingerprint density at radius 3 is 2.81 bits per heavy atom. The molecule has 1 aliphatic rings. The van der Waals surface area contributed by atoms with Crippen LogP contribution in [0.3, 0.4) is 0 Å². The number of methoxy groups -OCH3 is 1. The average Bonchev–Trinajstić information content (AvgIpc) is 3.75. The minimum Gasteiger partial charge on any atom is -0.495 e. The predicted molar refractivity (Wildman–Crippen MR) is 158 cm³/mol. The van der Waals surface area contributed by atoms with Crippen molar-refractivity contribution in [1.29, 1.82) is 5.26 Å². The smallest absolute Gasteiger partial charge is 0.253 e. The zero-order valence-corrected chi connectivity index (χ0v) is 23.7. The third-order valence-corrected chi connectivity index (χ3v) is 7.49. The van der Waals surface area contributed by atoms with Gasteiger partial charge in [0.05, 0.1) is 30.7 Å². The molecule has 0 bridgehead atoms. The first kappa shape index (κ1) is 27.1. The van der Waals surface area contributed by atoms with E-state index in [0.717, 1.165) is 47.7 Å². The molecule has 6 rings (SSSR count). The van der Waals surface area contributed by atoms with Crippen molar-refractivity contribution in [2.45, 2.75) is 45.1 Å². The van der Waals surface area contributed by atoms with Gasteiger partial charge in [-0.25, -0.2) is 4.98 Å². The second-order valence-electron chi connectivity index (χ2n) is 10.4. The normalized spacial score (nSPS) is 13.4. The van der Waals surface area contributed by atoms with Crippen LogP contribution in [0, 0.1) is 18.3 Å². The summed E-state index contributed by atoms with van der Waals surface area (Å²) in [5.74, 6) is 1.69. The molecule has 11 heteroatoms. The summed E-state index contributed by atoms with van der Waals surface area (Å²) in [6.45, 7) is 2.18. The average molecular weight is 566 g/mol. The van der Waals surface area contributed by atoms with Crippen LogP contribution in [0.5, 0.6) is 11.6 Å². The molecule has 2 N–H and O–H groups in total. The van der Waals surface area contributed by atoms with E-state index in [1.54, 1.807) is 25.2 Å². The topological polar surface area (TPSA) is 142 Å². The van der Waals surface area contributed by atoms with E-state index in [1.807, 2.05) is 31.3 Å². The summed E-state index contributed by atoms with van der Waals surface area (Å²) in [4.78, 5) is 31.6. The van der Waals surface area contributed by atoms with Crippen LogP contribution in [0.15, 0.2) is 47.0 Å². The van der Waals surface area contributed by atoms with E-state index in [0.29, 0.717) is 52.5 Å². The number of carbonyl (C=O) groups is 1. The van der Waals surface area contributed by atoms with E-state index < -0.39 is 0 Å². The SMILES string of the molecule is COc1cc(C(=O)N(C)CCC#N)ccc1Nc1nc(OC2CCCC2)c2c(-c3ccc4nc(C)oc4c3)c[nH]c2n1. The van der Waals surface area contributed by atoms with E-state index in [-0.39, 0.29) is 18.4 Å². The summed E-state index contributed by atoms with van der Waals surface area (Å²) in [7, 11) is 3.21. The van der Waals surface area contributed by atoms with Crippen LogP contribution in [-0.2, 0) is 0 Å². The fourth-order valence-electron chi connectivity index (χ4n) is 5.33. The number of H-pyrrole nitrogens is 1. The van der Waals surface area contributed by atoms with Crippen LogP contribution in [0.1, 0.15) is 48.4 Å². The molecule has 0 radical (unpaired) electrons. The van der Waals surface area contributed by atoms with Crippen LogP contribution in [0.25, 0.3) is 33.3 Å². The van der Waals surface area contributed by atoms with Gasteiger partial charge < -0.3 is 29.1 Å². The zero-order chi connectivity index (χ0) is 29.2. The lowest BCUT2D eigenvalue weighted by Gasteiger charge is -2.18. The summed E-state index contributed by atoms with van der Waals surface area (Å²) in [6, 6.07) is 13.1. The predicted octanol–water partition coefficient (Wildman–Crippen LogP) is 6.13. The van der Waals surface area contributed by atoms with Gasteiger partial charge in [0.2, 0.25) is 11.8 Å². The van der Waals surface area contributed by atoms with Crippen molar-refractivity contribution in [3.05, 3.63) is 54.0 Å². The van der Waals surface area contributed by atoms with Gasteiger partial charge in [-0.3, -0.25) is 4.79 Å². The number of hydrogen-bond donors (Lipinski definition) is 2. The molecule has 0 saturated heterocycles. The number of carbonyl (C=O) groups excluding carboxylic acids is 1. The van der Waals surface area contributed by atoms with Crippen LogP contribution < -0.4 is 14.8 Å². The molecule has 1 aliphatic carbocycles. The molecule has 3 aromatic heterocycles. The fourth-order valence-corrected chi connectivity index (χ4v) is 5.33. The number of benzene rings is 2. The first-order valence-corrected chi connectivity index (χ1v) is 13.9. The third kappa shape index (κ3) is 5.31. The standard InChI is InChI=1S/C31H31N7O4/c1-18-34-24-11-9-19(15-26(24)41-18)22-17-33-28-27(22)29(42-21-7-4-5-8-21)37-31(36-28)35-23-12-10-20(16-25(23)40-3)30(39)38(2)14-6-13-32/h9-12,15-17,21H,4-8,14H2,1-3H3,(H2,33,35,36,37). The first-order chi connectivity index (χ1) is 20.4. The lowest BCUT2D eigenvalue weighted by Crippen LogP contribution is -2.27. The van der Waals surface area contributed by atoms with Gasteiger partial charge in [-0.05, 0) is 61.6 Å². The van der Waals surface area contributed by atoms with Crippen LogP contribution >= 0.6 is 0 Å². The van der Waals surface area contributed by atoms with E-state index in [4.69, 9.17) is 29.1 Å². The Morgan fingerprint density at radius 2 is 2.02 bits per heavy atom. The van der Waals surface area contributed by atoms with Crippen molar-refractivity contribution in [3.63, 3.8) is 0 Å². The molecule has 1 saturated carbocycles. The van der Waals surface area contributed by atoms with Crippen molar-refractivity contribution < 1.29 is 18.7 Å². The molecular weight excluding hydrogens is 534 g/mol. The van der Waals surface area contributed by atoms with Gasteiger partial charge >= 0.3 is 0 Å². The number of hydrogen-bond acceptors (Lipinski definition) is 9. The molecule has 0 spiro atoms. The first-order valence-electron chi connectivity index (χ1n) is 13.9. The maximum atomic E-state index is 12.8. The molecule has 42 heavy (non-hydrogen) atoms. The number of nitriles is 1. The molecule has 0 unspecified atom stereocenters. The molecule has 0 atom stereocenters. The summed E-state index contributed by atoms with van der Waals surface area (Å²) in [5.41, 5.74) is 5.02. The highest BCUT2D eigenvalue weighted by molar-refractivity contribution is 5.99. The molecule has 2 aromatic carbocycles. The number of fused-ring (bicyclic) bond motifs is 2. The lowest BCUT2D eigenvalue weighted by molar-refractivity contribution is 0.0797. The second kappa shape index (κ2) is 11.4. The quantitative estimate of drug-likeness (QED) is 0.216. The van der Waals surface area contributed by atoms with Gasteiger partial charge in [-0.15, -0.1) is 0 Å². The molecule has 214 valence electrons. The van der Waals surface area contributed by atoms with Gasteiger partial charge in [0.25, 0.3) is 5.91 Å². The molecule has 0 aliphatic heterocycles. The molecule has 1 amide bonds. The number of oxazole rings is 1. The largest absolute Gasteiger partial charge is 0.495 e. The van der Waals surface area contributed by atoms with E-state index >= 15 is 0 Å². The maximum absolute atomic E-state index is 12.8. The van der Waals surface area contributed by atoms with Crippen molar-refractivity contribution in [2.75, 3.05) is 26.0 Å². The van der Waals surface area contributed by atoms with Crippen LogP contribution in [0.2, 0.25) is 0 Å². The lowest BCUT2D eigenvalue weighted by atomic mass is 10.1. The third-order valence-electron chi connectivity index (χ3n) is 7.49. The van der Waals surface area contributed by atoms with Crippen molar-refractivity contribution in [3.8, 4) is 28.8 Å². The van der Waals surface area contributed by atoms with Gasteiger partial charge in [-0.1, -0.05) is 6.07 Å². The highest BCUT2D eigenvalue weighted by atomic mass is 16.5. The van der Waals surface area contributed by atoms with Crippen molar-refractivity contribution in [1.82, 2.24) is 24.8 Å². The number of amides is 1. The van der Waals surface area contributed by atoms with E-state index in [9.17, 15) is 4.79 Å². The molecular formula is C31H31N7O4. The summed E-state index contributed by atoms with van der Waals surface area (Å²) in [6.07, 6.45) is 6.44. The summed E-state index contributed by atoms with van der Waals surface area (Å²) >= 11 is 0. The van der Waals surface area contributed by atoms with E-state index in [1.165, 1.54) is 12.0 Å². The molecule has 5 aromatic rings. The van der Waals surface area contributed by atoms with E-state index in [2.05, 4.69) is 21.4 Å². The monoisotopic (exact) mass is 565 g/mol. The highest BCUT2D eigenvalue weighted by Gasteiger charge is 2.23. The van der Waals surface area contributed by atoms with Crippen molar-refractivity contribution >= 4 is 39.7 Å². The van der Waals surface area contributed by atoms with Gasteiger partial charge in [0.1, 0.15) is 23.0 Å². The van der Waals surface area contributed by atoms with Gasteiger partial charge in [0.15, 0.2) is 11.5 Å². The number of aryl methyl sites for hydroxylation is 1. The van der Waals surface area contributed by atoms with Crippen LogP contribution in [0.4, 0.5) is 11.6 Å². The second-order valence-corrected chi connectivity index (χ2v) is 10.4. The molecule has 1 fully saturated rings. The summed E-state index contributed by atoms with van der Waals surface area (Å²) in [5, 5.41) is 12.9. The number of nitrogens with one attached hydrogen (secondary N) is 2. The Hall–Kier alpha value is -5.11. The van der Waals surface area contributed by atoms with Gasteiger partial charge in [-0.2, -0.15) is 15.2 Å². The zero-order valence-electron chi connectivity index (χ0n) is 23.7. The summed E-state index contributed by atoms with van der Waals surface area (Å²) < 4.78 is 17.9. The Balaban J connectivity index is 1.36. The molecule has 11 nitrogen and oxygen atoms in total. The number of rotatable bonds is 9. The maximum Gasteiger partial charge on any atom is 0.253 e. The number of aromatic nitrogens is 4. The van der Waals surface area contributed by atoms with Crippen molar-refractivity contribution in [2.24, 2.45) is 0 Å². The number of aromatic amines is 1. The number of ether oxygens (including phenoxy) is 2. The Kier molecular flexibility index (Phi) is 7.35. The Bertz CT molecular complexity index is 1810. The Labute approximate surface area is 242 Å².